The van der Waals surface area contributed by atoms with Crippen LogP contribution < -0.4 is 4.90 Å². The molecule has 25 heavy (non-hydrogen) atoms. The average Bonchev–Trinajstić information content (AvgIpc) is 2.63. The van der Waals surface area contributed by atoms with Crippen LogP contribution in [-0.2, 0) is 0 Å². The van der Waals surface area contributed by atoms with Crippen molar-refractivity contribution in [3.63, 3.8) is 0 Å². The molecule has 1 fully saturated rings. The number of likely N-dealkylation sites (N-methyl/N-ethyl adjacent to an activating group) is 1. The number of halogens is 2. The number of aromatic nitrogens is 2. The zero-order valence-corrected chi connectivity index (χ0v) is 16.1. The molecular formula is C18H23Cl2N5. The van der Waals surface area contributed by atoms with Crippen LogP contribution in [0.3, 0.4) is 0 Å². The first-order valence-corrected chi connectivity index (χ1v) is 9.20. The summed E-state index contributed by atoms with van der Waals surface area (Å²) in [5, 5.41) is 9.83. The smallest absolute Gasteiger partial charge is 0.151 e. The van der Waals surface area contributed by atoms with E-state index in [0.717, 1.165) is 56.3 Å². The molecule has 1 saturated heterocycles. The fraction of sp³-hybridized carbons (Fsp3) is 0.444. The minimum absolute atomic E-state index is 0.527. The molecule has 0 aliphatic carbocycles. The van der Waals surface area contributed by atoms with Gasteiger partial charge in [0.1, 0.15) is 0 Å². The van der Waals surface area contributed by atoms with Gasteiger partial charge in [0.25, 0.3) is 0 Å². The van der Waals surface area contributed by atoms with Gasteiger partial charge in [0.05, 0.1) is 15.7 Å². The number of benzene rings is 1. The van der Waals surface area contributed by atoms with Gasteiger partial charge >= 0.3 is 0 Å². The molecule has 0 unspecified atom stereocenters. The summed E-state index contributed by atoms with van der Waals surface area (Å²) < 4.78 is 0. The second-order valence-electron chi connectivity index (χ2n) is 6.54. The minimum atomic E-state index is 0.527. The van der Waals surface area contributed by atoms with Gasteiger partial charge in [-0.3, -0.25) is 4.90 Å². The number of piperazine rings is 1. The summed E-state index contributed by atoms with van der Waals surface area (Å²) in [6.07, 6.45) is 0. The first-order chi connectivity index (χ1) is 12.0. The Morgan fingerprint density at radius 3 is 2.32 bits per heavy atom. The Balaban J connectivity index is 1.60. The Kier molecular flexibility index (Phi) is 6.12. The Labute approximate surface area is 159 Å². The highest BCUT2D eigenvalue weighted by atomic mass is 35.5. The highest BCUT2D eigenvalue weighted by molar-refractivity contribution is 6.42. The largest absolute Gasteiger partial charge is 0.353 e. The van der Waals surface area contributed by atoms with E-state index in [1.54, 1.807) is 6.07 Å². The van der Waals surface area contributed by atoms with Gasteiger partial charge in [0.15, 0.2) is 5.82 Å². The van der Waals surface area contributed by atoms with Crippen LogP contribution in [0, 0.1) is 0 Å². The molecule has 0 bridgehead atoms. The number of nitrogens with zero attached hydrogens (tertiary/aromatic N) is 5. The van der Waals surface area contributed by atoms with Gasteiger partial charge in [-0.15, -0.1) is 10.2 Å². The van der Waals surface area contributed by atoms with Crippen molar-refractivity contribution >= 4 is 29.0 Å². The van der Waals surface area contributed by atoms with E-state index in [1.807, 2.05) is 24.3 Å². The third-order valence-electron chi connectivity index (χ3n) is 4.43. The molecule has 0 amide bonds. The van der Waals surface area contributed by atoms with Gasteiger partial charge in [-0.1, -0.05) is 29.3 Å². The molecule has 5 nitrogen and oxygen atoms in total. The Morgan fingerprint density at radius 2 is 1.72 bits per heavy atom. The monoisotopic (exact) mass is 379 g/mol. The molecule has 0 saturated carbocycles. The topological polar surface area (TPSA) is 35.5 Å². The van der Waals surface area contributed by atoms with Crippen LogP contribution in [-0.4, -0.2) is 73.4 Å². The number of hydrogen-bond acceptors (Lipinski definition) is 5. The summed E-state index contributed by atoms with van der Waals surface area (Å²) in [5.41, 5.74) is 1.72. The zero-order valence-electron chi connectivity index (χ0n) is 14.6. The van der Waals surface area contributed by atoms with E-state index in [-0.39, 0.29) is 0 Å². The maximum Gasteiger partial charge on any atom is 0.151 e. The lowest BCUT2D eigenvalue weighted by Gasteiger charge is -2.35. The van der Waals surface area contributed by atoms with Crippen LogP contribution >= 0.6 is 23.2 Å². The van der Waals surface area contributed by atoms with Gasteiger partial charge in [-0.05, 0) is 38.4 Å². The van der Waals surface area contributed by atoms with Crippen molar-refractivity contribution in [2.24, 2.45) is 0 Å². The van der Waals surface area contributed by atoms with Gasteiger partial charge in [-0.2, -0.15) is 0 Å². The van der Waals surface area contributed by atoms with E-state index < -0.39 is 0 Å². The van der Waals surface area contributed by atoms with Gasteiger partial charge < -0.3 is 9.80 Å². The highest BCUT2D eigenvalue weighted by Crippen LogP contribution is 2.27. The lowest BCUT2D eigenvalue weighted by molar-refractivity contribution is 0.229. The number of rotatable bonds is 5. The molecular weight excluding hydrogens is 357 g/mol. The predicted octanol–water partition coefficient (Wildman–Crippen LogP) is 3.13. The number of anilines is 1. The van der Waals surface area contributed by atoms with Crippen molar-refractivity contribution < 1.29 is 0 Å². The van der Waals surface area contributed by atoms with Gasteiger partial charge in [0.2, 0.25) is 0 Å². The summed E-state index contributed by atoms with van der Waals surface area (Å²) in [6.45, 7) is 6.29. The molecule has 1 aliphatic rings. The van der Waals surface area contributed by atoms with Crippen molar-refractivity contribution in [3.8, 4) is 11.3 Å². The summed E-state index contributed by atoms with van der Waals surface area (Å²) in [6, 6.07) is 9.51. The summed E-state index contributed by atoms with van der Waals surface area (Å²) >= 11 is 12.0. The van der Waals surface area contributed by atoms with E-state index in [4.69, 9.17) is 23.2 Å². The fourth-order valence-electron chi connectivity index (χ4n) is 2.85. The van der Waals surface area contributed by atoms with Crippen LogP contribution in [0.2, 0.25) is 10.0 Å². The van der Waals surface area contributed by atoms with Crippen LogP contribution in [0.15, 0.2) is 30.3 Å². The molecule has 7 heteroatoms. The van der Waals surface area contributed by atoms with Gasteiger partial charge in [0, 0.05) is 44.8 Å². The molecule has 3 rings (SSSR count). The SMILES string of the molecule is CN(C)CCN1CCN(c2ccc(-c3ccc(Cl)c(Cl)c3)nn2)CC1. The lowest BCUT2D eigenvalue weighted by atomic mass is 10.1. The standard InChI is InChI=1S/C18H23Cl2N5/c1-23(2)7-8-24-9-11-25(12-10-24)18-6-5-17(21-22-18)14-3-4-15(19)16(20)13-14/h3-6,13H,7-12H2,1-2H3. The van der Waals surface area contributed by atoms with Crippen molar-refractivity contribution in [3.05, 3.63) is 40.4 Å². The first-order valence-electron chi connectivity index (χ1n) is 8.44. The van der Waals surface area contributed by atoms with Crippen LogP contribution in [0.1, 0.15) is 0 Å². The first kappa shape index (κ1) is 18.4. The molecule has 0 N–H and O–H groups in total. The average molecular weight is 380 g/mol. The van der Waals surface area contributed by atoms with Crippen molar-refractivity contribution in [1.82, 2.24) is 20.0 Å². The minimum Gasteiger partial charge on any atom is -0.353 e. The summed E-state index contributed by atoms with van der Waals surface area (Å²) in [7, 11) is 4.22. The highest BCUT2D eigenvalue weighted by Gasteiger charge is 2.18. The summed E-state index contributed by atoms with van der Waals surface area (Å²) in [5.74, 6) is 0.927. The van der Waals surface area contributed by atoms with Crippen molar-refractivity contribution in [1.29, 1.82) is 0 Å². The van der Waals surface area contributed by atoms with E-state index >= 15 is 0 Å². The molecule has 0 atom stereocenters. The van der Waals surface area contributed by atoms with Gasteiger partial charge in [-0.25, -0.2) is 0 Å². The molecule has 2 heterocycles. The molecule has 2 aromatic rings. The van der Waals surface area contributed by atoms with E-state index in [2.05, 4.69) is 39.0 Å². The Hall–Kier alpha value is -1.40. The molecule has 1 aromatic carbocycles. The second-order valence-corrected chi connectivity index (χ2v) is 7.35. The molecule has 0 radical (unpaired) electrons. The second kappa shape index (κ2) is 8.32. The van der Waals surface area contributed by atoms with Crippen LogP contribution in [0.5, 0.6) is 0 Å². The Bertz CT molecular complexity index is 697. The van der Waals surface area contributed by atoms with E-state index in [9.17, 15) is 0 Å². The third kappa shape index (κ3) is 4.82. The van der Waals surface area contributed by atoms with E-state index in [1.165, 1.54) is 0 Å². The molecule has 1 aliphatic heterocycles. The molecule has 134 valence electrons. The van der Waals surface area contributed by atoms with Crippen LogP contribution in [0.4, 0.5) is 5.82 Å². The molecule has 0 spiro atoms. The quantitative estimate of drug-likeness (QED) is 0.797. The lowest BCUT2D eigenvalue weighted by Crippen LogP contribution is -2.48. The zero-order chi connectivity index (χ0) is 17.8. The maximum absolute atomic E-state index is 6.08. The number of hydrogen-bond donors (Lipinski definition) is 0. The van der Waals surface area contributed by atoms with Crippen molar-refractivity contribution in [2.45, 2.75) is 0 Å². The fourth-order valence-corrected chi connectivity index (χ4v) is 3.14. The maximum atomic E-state index is 6.08. The normalized spacial score (nSPS) is 15.8. The third-order valence-corrected chi connectivity index (χ3v) is 5.16. The van der Waals surface area contributed by atoms with Crippen molar-refractivity contribution in [2.75, 3.05) is 58.3 Å². The Morgan fingerprint density at radius 1 is 0.960 bits per heavy atom. The van der Waals surface area contributed by atoms with E-state index in [0.29, 0.717) is 10.0 Å². The van der Waals surface area contributed by atoms with Crippen LogP contribution in [0.25, 0.3) is 11.3 Å². The molecule has 1 aromatic heterocycles. The predicted molar refractivity (Wildman–Crippen MR) is 105 cm³/mol. The summed E-state index contributed by atoms with van der Waals surface area (Å²) in [4.78, 5) is 7.01.